The highest BCUT2D eigenvalue weighted by Crippen LogP contribution is 2.46. The first-order chi connectivity index (χ1) is 20.1. The summed E-state index contributed by atoms with van der Waals surface area (Å²) in [7, 11) is 7.31. The van der Waals surface area contributed by atoms with Crippen molar-refractivity contribution in [1.29, 1.82) is 0 Å². The van der Waals surface area contributed by atoms with Gasteiger partial charge < -0.3 is 14.4 Å². The van der Waals surface area contributed by atoms with Gasteiger partial charge in [-0.25, -0.2) is 0 Å². The highest BCUT2D eigenvalue weighted by molar-refractivity contribution is 8.77. The zero-order valence-electron chi connectivity index (χ0n) is 28.2. The number of esters is 2. The Kier molecular flexibility index (Phi) is 20.7. The van der Waals surface area contributed by atoms with Crippen LogP contribution in [0.2, 0.25) is 0 Å². The molecule has 0 unspecified atom stereocenters. The first-order valence-corrected chi connectivity index (χ1v) is 22.5. The molecule has 0 saturated heterocycles. The highest BCUT2D eigenvalue weighted by atomic mass is 33.1. The topological polar surface area (TPSA) is 55.8 Å². The third-order valence-electron chi connectivity index (χ3n) is 6.93. The van der Waals surface area contributed by atoms with E-state index in [9.17, 15) is 9.59 Å². The van der Waals surface area contributed by atoms with Gasteiger partial charge in [0.15, 0.2) is 0 Å². The first kappa shape index (κ1) is 41.0. The van der Waals surface area contributed by atoms with Gasteiger partial charge in [-0.05, 0) is 47.7 Å². The number of nitrogens with zero attached hydrogens (tertiary/aromatic N) is 1. The minimum absolute atomic E-state index is 0.0161. The van der Waals surface area contributed by atoms with Crippen LogP contribution < -0.4 is 0 Å². The molecule has 0 aliphatic heterocycles. The molecule has 0 spiro atoms. The average molecular weight is 692 g/mol. The molecule has 43 heavy (non-hydrogen) atoms. The fraction of sp³-hybridized carbons (Fsp3) is 0.758. The third kappa shape index (κ3) is 22.2. The summed E-state index contributed by atoms with van der Waals surface area (Å²) in [6.45, 7) is 23.6. The second-order valence-electron chi connectivity index (χ2n) is 13.8. The Bertz CT molecular complexity index is 910. The standard InChI is InChI=1S/C33H58NO4PS4/c1-31(2,3)25-32(4,5)26-42-40-23-21-37-29(35)16-19-34(18-15-28-13-11-10-12-14-28)20-17-30(36)38-22-24-41-43-27-33(6,7)39(8)9/h10-14H,15-27H2,1-9H3. The maximum Gasteiger partial charge on any atom is 0.307 e. The number of hydrogen-bond acceptors (Lipinski definition) is 9. The molecule has 1 aromatic carbocycles. The summed E-state index contributed by atoms with van der Waals surface area (Å²) in [5.41, 5.74) is 1.85. The van der Waals surface area contributed by atoms with Gasteiger partial charge in [-0.1, -0.05) is 122 Å². The normalized spacial score (nSPS) is 12.6. The quantitative estimate of drug-likeness (QED) is 0.0484. The maximum absolute atomic E-state index is 12.5. The molecule has 0 saturated carbocycles. The van der Waals surface area contributed by atoms with Gasteiger partial charge in [-0.3, -0.25) is 9.59 Å². The molecule has 0 atom stereocenters. The summed E-state index contributed by atoms with van der Waals surface area (Å²) in [5.74, 6) is 3.42. The van der Waals surface area contributed by atoms with Crippen LogP contribution in [-0.4, -0.2) is 91.2 Å². The van der Waals surface area contributed by atoms with Crippen LogP contribution in [0.3, 0.4) is 0 Å². The van der Waals surface area contributed by atoms with Gasteiger partial charge in [0, 0.05) is 42.6 Å². The number of hydrogen-bond donors (Lipinski definition) is 0. The van der Waals surface area contributed by atoms with Gasteiger partial charge in [-0.2, -0.15) is 0 Å². The number of carbonyl (C=O) groups is 2. The van der Waals surface area contributed by atoms with Crippen LogP contribution in [0.25, 0.3) is 0 Å². The first-order valence-electron chi connectivity index (χ1n) is 15.3. The molecular weight excluding hydrogens is 634 g/mol. The van der Waals surface area contributed by atoms with Gasteiger partial charge in [0.05, 0.1) is 12.8 Å². The van der Waals surface area contributed by atoms with Gasteiger partial charge in [0.25, 0.3) is 0 Å². The van der Waals surface area contributed by atoms with Crippen molar-refractivity contribution in [3.05, 3.63) is 35.9 Å². The van der Waals surface area contributed by atoms with Crippen molar-refractivity contribution < 1.29 is 19.1 Å². The minimum Gasteiger partial charge on any atom is -0.465 e. The average Bonchev–Trinajstić information content (AvgIpc) is 2.91. The summed E-state index contributed by atoms with van der Waals surface area (Å²) >= 11 is 0. The highest BCUT2D eigenvalue weighted by Gasteiger charge is 2.25. The SMILES string of the molecule is CP(C)C(C)(C)CSSCCOC(=O)CCN(CCC(=O)OCCSSCC(C)(C)CC(C)(C)C)CCc1ccccc1. The number of carbonyl (C=O) groups excluding carboxylic acids is 2. The molecule has 5 nitrogen and oxygen atoms in total. The van der Waals surface area contributed by atoms with Gasteiger partial charge in [0.2, 0.25) is 0 Å². The van der Waals surface area contributed by atoms with Crippen molar-refractivity contribution in [3.63, 3.8) is 0 Å². The largest absolute Gasteiger partial charge is 0.465 e. The molecule has 0 aliphatic carbocycles. The van der Waals surface area contributed by atoms with Gasteiger partial charge in [0.1, 0.15) is 13.2 Å². The predicted molar refractivity (Wildman–Crippen MR) is 198 cm³/mol. The number of rotatable bonds is 23. The number of benzene rings is 1. The van der Waals surface area contributed by atoms with Gasteiger partial charge >= 0.3 is 11.9 Å². The van der Waals surface area contributed by atoms with E-state index < -0.39 is 0 Å². The van der Waals surface area contributed by atoms with E-state index in [1.165, 1.54) is 12.0 Å². The molecule has 1 aromatic rings. The lowest BCUT2D eigenvalue weighted by molar-refractivity contribution is -0.143. The molecule has 10 heteroatoms. The van der Waals surface area contributed by atoms with E-state index >= 15 is 0 Å². The Balaban J connectivity index is 2.36. The van der Waals surface area contributed by atoms with Crippen LogP contribution in [0.5, 0.6) is 0 Å². The smallest absolute Gasteiger partial charge is 0.307 e. The molecule has 0 N–H and O–H groups in total. The fourth-order valence-electron chi connectivity index (χ4n) is 4.41. The van der Waals surface area contributed by atoms with Gasteiger partial charge in [-0.15, -0.1) is 7.92 Å². The van der Waals surface area contributed by atoms with E-state index in [4.69, 9.17) is 9.47 Å². The molecule has 0 heterocycles. The lowest BCUT2D eigenvalue weighted by Gasteiger charge is -2.31. The van der Waals surface area contributed by atoms with E-state index in [1.807, 2.05) is 39.8 Å². The van der Waals surface area contributed by atoms with Crippen LogP contribution in [0, 0.1) is 10.8 Å². The summed E-state index contributed by atoms with van der Waals surface area (Å²) in [5, 5.41) is 0.362. The summed E-state index contributed by atoms with van der Waals surface area (Å²) in [6, 6.07) is 10.3. The molecule has 0 amide bonds. The Morgan fingerprint density at radius 2 is 1.26 bits per heavy atom. The van der Waals surface area contributed by atoms with E-state index in [0.717, 1.165) is 36.0 Å². The molecule has 0 aromatic heterocycles. The van der Waals surface area contributed by atoms with E-state index in [2.05, 4.69) is 78.8 Å². The monoisotopic (exact) mass is 691 g/mol. The summed E-state index contributed by atoms with van der Waals surface area (Å²) in [6.07, 6.45) is 2.69. The Labute approximate surface area is 280 Å². The zero-order valence-corrected chi connectivity index (χ0v) is 32.4. The maximum atomic E-state index is 12.5. The van der Waals surface area contributed by atoms with E-state index in [1.54, 1.807) is 21.6 Å². The van der Waals surface area contributed by atoms with Crippen LogP contribution in [0.1, 0.15) is 73.3 Å². The number of ether oxygens (including phenoxy) is 2. The van der Waals surface area contributed by atoms with Crippen LogP contribution in [0.15, 0.2) is 30.3 Å². The lowest BCUT2D eigenvalue weighted by Crippen LogP contribution is -2.31. The van der Waals surface area contributed by atoms with Crippen LogP contribution in [-0.2, 0) is 25.5 Å². The second kappa shape index (κ2) is 21.7. The predicted octanol–water partition coefficient (Wildman–Crippen LogP) is 9.14. The molecule has 1 rings (SSSR count). The summed E-state index contributed by atoms with van der Waals surface area (Å²) in [4.78, 5) is 27.1. The van der Waals surface area contributed by atoms with Crippen molar-refractivity contribution in [2.75, 3.05) is 69.2 Å². The summed E-state index contributed by atoms with van der Waals surface area (Å²) < 4.78 is 11.0. The molecule has 0 aliphatic rings. The van der Waals surface area contributed by atoms with Crippen molar-refractivity contribution in [2.24, 2.45) is 10.8 Å². The van der Waals surface area contributed by atoms with Crippen LogP contribution >= 0.6 is 51.1 Å². The molecule has 0 bridgehead atoms. The fourth-order valence-corrected chi connectivity index (χ4v) is 10.8. The Morgan fingerprint density at radius 1 is 0.744 bits per heavy atom. The molecule has 248 valence electrons. The van der Waals surface area contributed by atoms with Crippen molar-refractivity contribution in [1.82, 2.24) is 4.90 Å². The van der Waals surface area contributed by atoms with Crippen molar-refractivity contribution >= 4 is 63.0 Å². The minimum atomic E-state index is -0.178. The molecule has 0 fully saturated rings. The zero-order chi connectivity index (χ0) is 32.4. The van der Waals surface area contributed by atoms with Crippen molar-refractivity contribution in [3.8, 4) is 0 Å². The third-order valence-corrected chi connectivity index (χ3v) is 15.2. The lowest BCUT2D eigenvalue weighted by atomic mass is 9.77. The van der Waals surface area contributed by atoms with Crippen molar-refractivity contribution in [2.45, 2.75) is 79.3 Å². The van der Waals surface area contributed by atoms with E-state index in [-0.39, 0.29) is 25.3 Å². The molecule has 0 radical (unpaired) electrons. The van der Waals surface area contributed by atoms with E-state index in [0.29, 0.717) is 49.7 Å². The Hall–Kier alpha value is -0.0500. The second-order valence-corrected chi connectivity index (χ2v) is 22.0. The Morgan fingerprint density at radius 3 is 1.74 bits per heavy atom. The molecular formula is C33H58NO4PS4. The van der Waals surface area contributed by atoms with Crippen LogP contribution in [0.4, 0.5) is 0 Å².